The number of aromatic nitrogens is 1. The first-order chi connectivity index (χ1) is 10.8. The van der Waals surface area contributed by atoms with E-state index in [4.69, 9.17) is 4.74 Å². The molecule has 0 N–H and O–H groups in total. The fourth-order valence-electron chi connectivity index (χ4n) is 3.42. The molecule has 22 heavy (non-hydrogen) atoms. The van der Waals surface area contributed by atoms with Crippen LogP contribution in [0.4, 0.5) is 5.69 Å². The number of hydrogen-bond donors (Lipinski definition) is 0. The van der Waals surface area contributed by atoms with Crippen molar-refractivity contribution in [1.29, 1.82) is 0 Å². The number of pyridine rings is 1. The van der Waals surface area contributed by atoms with Crippen LogP contribution >= 0.6 is 0 Å². The Labute approximate surface area is 132 Å². The van der Waals surface area contributed by atoms with E-state index in [0.29, 0.717) is 37.9 Å². The standard InChI is InChI=1S/C17H25N3O2/c1-2-15-5-3-4-6-20(15)16-11-14(12-18-13-16)17(21)19-7-9-22-10-8-19/h11-13,15H,2-10H2,1H3. The van der Waals surface area contributed by atoms with Gasteiger partial charge in [-0.15, -0.1) is 0 Å². The molecule has 0 aromatic carbocycles. The molecule has 2 fully saturated rings. The first-order valence-corrected chi connectivity index (χ1v) is 8.38. The molecule has 5 heteroatoms. The van der Waals surface area contributed by atoms with E-state index in [0.717, 1.165) is 18.7 Å². The summed E-state index contributed by atoms with van der Waals surface area (Å²) in [5.41, 5.74) is 1.78. The maximum atomic E-state index is 12.6. The third-order valence-corrected chi connectivity index (χ3v) is 4.70. The van der Waals surface area contributed by atoms with Crippen molar-refractivity contribution >= 4 is 11.6 Å². The van der Waals surface area contributed by atoms with E-state index < -0.39 is 0 Å². The maximum Gasteiger partial charge on any atom is 0.255 e. The van der Waals surface area contributed by atoms with Gasteiger partial charge in [0.2, 0.25) is 0 Å². The van der Waals surface area contributed by atoms with Crippen molar-refractivity contribution in [3.8, 4) is 0 Å². The molecule has 0 saturated carbocycles. The first-order valence-electron chi connectivity index (χ1n) is 8.38. The van der Waals surface area contributed by atoms with Crippen molar-refractivity contribution in [2.45, 2.75) is 38.6 Å². The lowest BCUT2D eigenvalue weighted by Crippen LogP contribution is -2.41. The summed E-state index contributed by atoms with van der Waals surface area (Å²) in [5.74, 6) is 0.0720. The second kappa shape index (κ2) is 7.09. The Morgan fingerprint density at radius 2 is 2.09 bits per heavy atom. The van der Waals surface area contributed by atoms with Crippen molar-refractivity contribution in [2.24, 2.45) is 0 Å². The van der Waals surface area contributed by atoms with Crippen LogP contribution in [0.15, 0.2) is 18.5 Å². The maximum absolute atomic E-state index is 12.6. The highest BCUT2D eigenvalue weighted by Gasteiger charge is 2.23. The molecule has 0 bridgehead atoms. The Morgan fingerprint density at radius 3 is 2.86 bits per heavy atom. The van der Waals surface area contributed by atoms with Gasteiger partial charge in [-0.1, -0.05) is 6.92 Å². The van der Waals surface area contributed by atoms with Crippen LogP contribution in [0.3, 0.4) is 0 Å². The van der Waals surface area contributed by atoms with E-state index in [1.54, 1.807) is 6.20 Å². The van der Waals surface area contributed by atoms with Crippen molar-refractivity contribution in [1.82, 2.24) is 9.88 Å². The Morgan fingerprint density at radius 1 is 1.27 bits per heavy atom. The van der Waals surface area contributed by atoms with Crippen LogP contribution in [0.1, 0.15) is 43.0 Å². The second-order valence-corrected chi connectivity index (χ2v) is 6.09. The Hall–Kier alpha value is -1.62. The quantitative estimate of drug-likeness (QED) is 0.860. The summed E-state index contributed by atoms with van der Waals surface area (Å²) in [7, 11) is 0. The highest BCUT2D eigenvalue weighted by molar-refractivity contribution is 5.94. The molecule has 3 rings (SSSR count). The number of carbonyl (C=O) groups is 1. The summed E-state index contributed by atoms with van der Waals surface area (Å²) in [6.45, 7) is 5.90. The van der Waals surface area contributed by atoms with Crippen molar-refractivity contribution in [3.63, 3.8) is 0 Å². The van der Waals surface area contributed by atoms with Crippen LogP contribution in [0, 0.1) is 0 Å². The molecule has 120 valence electrons. The van der Waals surface area contributed by atoms with Gasteiger partial charge in [0.05, 0.1) is 30.7 Å². The van der Waals surface area contributed by atoms with Crippen LogP contribution in [0.5, 0.6) is 0 Å². The highest BCUT2D eigenvalue weighted by atomic mass is 16.5. The number of piperidine rings is 1. The number of carbonyl (C=O) groups excluding carboxylic acids is 1. The molecule has 5 nitrogen and oxygen atoms in total. The zero-order valence-corrected chi connectivity index (χ0v) is 13.3. The first kappa shape index (κ1) is 15.3. The fraction of sp³-hybridized carbons (Fsp3) is 0.647. The second-order valence-electron chi connectivity index (χ2n) is 6.09. The number of ether oxygens (including phenoxy) is 1. The molecule has 0 spiro atoms. The lowest BCUT2D eigenvalue weighted by Gasteiger charge is -2.37. The summed E-state index contributed by atoms with van der Waals surface area (Å²) in [6.07, 6.45) is 8.48. The molecule has 1 aromatic heterocycles. The van der Waals surface area contributed by atoms with Gasteiger partial charge in [0.15, 0.2) is 0 Å². The summed E-state index contributed by atoms with van der Waals surface area (Å²) in [6, 6.07) is 2.59. The third-order valence-electron chi connectivity index (χ3n) is 4.70. The number of morpholine rings is 1. The van der Waals surface area contributed by atoms with Gasteiger partial charge in [-0.05, 0) is 31.7 Å². The molecule has 0 aliphatic carbocycles. The molecule has 1 aromatic rings. The van der Waals surface area contributed by atoms with Crippen LogP contribution in [-0.2, 0) is 4.74 Å². The predicted octanol–water partition coefficient (Wildman–Crippen LogP) is 2.32. The zero-order chi connectivity index (χ0) is 15.4. The van der Waals surface area contributed by atoms with Gasteiger partial charge >= 0.3 is 0 Å². The minimum atomic E-state index is 0.0720. The molecule has 2 aliphatic rings. The predicted molar refractivity (Wildman–Crippen MR) is 86.2 cm³/mol. The van der Waals surface area contributed by atoms with Crippen LogP contribution < -0.4 is 4.90 Å². The van der Waals surface area contributed by atoms with E-state index in [2.05, 4.69) is 16.8 Å². The smallest absolute Gasteiger partial charge is 0.255 e. The molecule has 0 radical (unpaired) electrons. The van der Waals surface area contributed by atoms with E-state index in [-0.39, 0.29) is 5.91 Å². The Balaban J connectivity index is 1.78. The van der Waals surface area contributed by atoms with Crippen molar-refractivity contribution in [3.05, 3.63) is 24.0 Å². The average Bonchev–Trinajstić information content (AvgIpc) is 2.62. The normalized spacial score (nSPS) is 22.7. The molecule has 1 amide bonds. The fourth-order valence-corrected chi connectivity index (χ4v) is 3.42. The highest BCUT2D eigenvalue weighted by Crippen LogP contribution is 2.26. The molecule has 1 unspecified atom stereocenters. The Kier molecular flexibility index (Phi) is 4.93. The van der Waals surface area contributed by atoms with Gasteiger partial charge in [0.1, 0.15) is 0 Å². The van der Waals surface area contributed by atoms with Crippen LogP contribution in [-0.4, -0.2) is 54.7 Å². The van der Waals surface area contributed by atoms with Gasteiger partial charge in [-0.3, -0.25) is 9.78 Å². The number of nitrogens with zero attached hydrogens (tertiary/aromatic N) is 3. The molecule has 1 atom stereocenters. The van der Waals surface area contributed by atoms with Crippen LogP contribution in [0.25, 0.3) is 0 Å². The SMILES string of the molecule is CCC1CCCCN1c1cncc(C(=O)N2CCOCC2)c1. The summed E-state index contributed by atoms with van der Waals surface area (Å²) >= 11 is 0. The molecular formula is C17H25N3O2. The summed E-state index contributed by atoms with van der Waals surface area (Å²) < 4.78 is 5.32. The van der Waals surface area contributed by atoms with Gasteiger partial charge in [-0.2, -0.15) is 0 Å². The van der Waals surface area contributed by atoms with Gasteiger partial charge in [0, 0.05) is 31.9 Å². The van der Waals surface area contributed by atoms with Gasteiger partial charge < -0.3 is 14.5 Å². The minimum absolute atomic E-state index is 0.0720. The monoisotopic (exact) mass is 303 g/mol. The lowest BCUT2D eigenvalue weighted by molar-refractivity contribution is 0.0302. The number of hydrogen-bond acceptors (Lipinski definition) is 4. The largest absolute Gasteiger partial charge is 0.378 e. The zero-order valence-electron chi connectivity index (χ0n) is 13.3. The number of rotatable bonds is 3. The number of amides is 1. The van der Waals surface area contributed by atoms with Crippen LogP contribution in [0.2, 0.25) is 0 Å². The summed E-state index contributed by atoms with van der Waals surface area (Å²) in [4.78, 5) is 21.2. The van der Waals surface area contributed by atoms with E-state index in [9.17, 15) is 4.79 Å². The van der Waals surface area contributed by atoms with E-state index in [1.165, 1.54) is 19.3 Å². The van der Waals surface area contributed by atoms with Crippen molar-refractivity contribution < 1.29 is 9.53 Å². The lowest BCUT2D eigenvalue weighted by atomic mass is 9.99. The molecule has 2 aliphatic heterocycles. The molecule has 2 saturated heterocycles. The topological polar surface area (TPSA) is 45.7 Å². The van der Waals surface area contributed by atoms with E-state index in [1.807, 2.05) is 17.2 Å². The Bertz CT molecular complexity index is 514. The summed E-state index contributed by atoms with van der Waals surface area (Å²) in [5, 5.41) is 0. The van der Waals surface area contributed by atoms with Gasteiger partial charge in [0.25, 0.3) is 5.91 Å². The van der Waals surface area contributed by atoms with E-state index >= 15 is 0 Å². The average molecular weight is 303 g/mol. The molecule has 3 heterocycles. The third kappa shape index (κ3) is 3.24. The molecular weight excluding hydrogens is 278 g/mol. The number of anilines is 1. The minimum Gasteiger partial charge on any atom is -0.378 e. The van der Waals surface area contributed by atoms with Gasteiger partial charge in [-0.25, -0.2) is 0 Å². The van der Waals surface area contributed by atoms with Crippen molar-refractivity contribution in [2.75, 3.05) is 37.7 Å².